The Balaban J connectivity index is 1.07. The number of fused-ring (bicyclic) bond motifs is 3. The van der Waals surface area contributed by atoms with E-state index in [-0.39, 0.29) is 36.4 Å². The highest BCUT2D eigenvalue weighted by Crippen LogP contribution is 2.59. The molecule has 1 saturated heterocycles. The van der Waals surface area contributed by atoms with E-state index in [4.69, 9.17) is 9.47 Å². The highest BCUT2D eigenvalue weighted by atomic mass is 28.4. The molecule has 0 unspecified atom stereocenters. The third kappa shape index (κ3) is 5.72. The number of hydrogen-bond acceptors (Lipinski definition) is 8. The molecule has 0 saturated carbocycles. The van der Waals surface area contributed by atoms with Gasteiger partial charge in [0.25, 0.3) is 11.8 Å². The lowest BCUT2D eigenvalue weighted by molar-refractivity contribution is -0.146. The number of amides is 2. The Morgan fingerprint density at radius 2 is 1.67 bits per heavy atom. The SMILES string of the molecule is C[C@H]1[C@H]([Si](C)(C)O)[C@@H](CCn2cc([C@H](O)c3ccccc3)nn2)O[C@]12C(=O)N(Cc1cccc(N3C(=O)COc4ccccc43)c1)c1ccccc12. The van der Waals surface area contributed by atoms with Crippen LogP contribution in [0.15, 0.2) is 109 Å². The summed E-state index contributed by atoms with van der Waals surface area (Å²) in [7, 11) is -2.88. The Hall–Kier alpha value is -5.14. The van der Waals surface area contributed by atoms with E-state index in [1.807, 2.05) is 123 Å². The number of aromatic nitrogens is 3. The minimum absolute atomic E-state index is 0.0580. The quantitative estimate of drug-likeness (QED) is 0.182. The van der Waals surface area contributed by atoms with Crippen LogP contribution in [0, 0.1) is 5.92 Å². The molecule has 4 aromatic carbocycles. The fraction of sp³-hybridized carbons (Fsp3) is 0.300. The number of nitrogens with zero attached hydrogens (tertiary/aromatic N) is 5. The number of aliphatic hydroxyl groups is 1. The van der Waals surface area contributed by atoms with E-state index in [0.29, 0.717) is 35.8 Å². The molecule has 1 fully saturated rings. The molecule has 2 N–H and O–H groups in total. The summed E-state index contributed by atoms with van der Waals surface area (Å²) in [6.45, 7) is 6.48. The van der Waals surface area contributed by atoms with Crippen molar-refractivity contribution in [1.82, 2.24) is 15.0 Å². The van der Waals surface area contributed by atoms with Crippen molar-refractivity contribution in [2.45, 2.75) is 62.9 Å². The Morgan fingerprint density at radius 1 is 0.942 bits per heavy atom. The minimum atomic E-state index is -2.88. The Kier molecular flexibility index (Phi) is 8.57. The molecule has 12 heteroatoms. The number of carbonyl (C=O) groups is 2. The molecular formula is C40H41N5O6Si. The van der Waals surface area contributed by atoms with Crippen LogP contribution in [0.1, 0.15) is 41.8 Å². The summed E-state index contributed by atoms with van der Waals surface area (Å²) in [5, 5.41) is 19.4. The Bertz CT molecular complexity index is 2140. The molecule has 2 amide bonds. The standard InChI is InChI=1S/C40H41N5O6Si/c1-26-38(52(2,3)49)35(20-21-43-24-31(41-42-43)37(47)28-13-5-4-6-14-28)51-40(26)30-16-7-8-17-32(30)44(39(40)48)23-27-12-11-15-29(22-27)45-33-18-9-10-19-34(33)50-25-36(45)46/h4-19,22,24,26,35,37-38,47,49H,20-21,23,25H2,1-3H3/t26-,35+,37+,38-,40+/m0/s1. The highest BCUT2D eigenvalue weighted by molar-refractivity contribution is 6.71. The highest BCUT2D eigenvalue weighted by Gasteiger charge is 2.66. The van der Waals surface area contributed by atoms with Crippen LogP contribution in [0.3, 0.4) is 0 Å². The molecule has 0 aliphatic carbocycles. The van der Waals surface area contributed by atoms with Gasteiger partial charge in [-0.25, -0.2) is 0 Å². The fourth-order valence-corrected chi connectivity index (χ4v) is 11.0. The lowest BCUT2D eigenvalue weighted by atomic mass is 9.82. The second-order valence-electron chi connectivity index (χ2n) is 14.4. The number of hydrogen-bond donors (Lipinski definition) is 2. The van der Waals surface area contributed by atoms with Crippen molar-refractivity contribution in [2.75, 3.05) is 16.4 Å². The van der Waals surface area contributed by atoms with Gasteiger partial charge in [-0.3, -0.25) is 19.2 Å². The number of anilines is 3. The summed E-state index contributed by atoms with van der Waals surface area (Å²) < 4.78 is 14.3. The molecule has 0 bridgehead atoms. The van der Waals surface area contributed by atoms with Gasteiger partial charge >= 0.3 is 0 Å². The molecule has 3 aliphatic rings. The van der Waals surface area contributed by atoms with Crippen LogP contribution in [0.5, 0.6) is 5.75 Å². The summed E-state index contributed by atoms with van der Waals surface area (Å²) in [6.07, 6.45) is 0.893. The monoisotopic (exact) mass is 715 g/mol. The number of para-hydroxylation sites is 3. The number of aryl methyl sites for hydroxylation is 1. The van der Waals surface area contributed by atoms with Gasteiger partial charge in [-0.1, -0.05) is 84.9 Å². The van der Waals surface area contributed by atoms with E-state index in [9.17, 15) is 19.5 Å². The topological polar surface area (TPSA) is 130 Å². The van der Waals surface area contributed by atoms with Crippen molar-refractivity contribution in [1.29, 1.82) is 0 Å². The van der Waals surface area contributed by atoms with Crippen molar-refractivity contribution in [3.8, 4) is 5.75 Å². The van der Waals surface area contributed by atoms with Crippen LogP contribution >= 0.6 is 0 Å². The number of rotatable bonds is 9. The van der Waals surface area contributed by atoms with Crippen molar-refractivity contribution in [2.24, 2.45) is 5.92 Å². The molecule has 4 heterocycles. The molecule has 52 heavy (non-hydrogen) atoms. The molecule has 11 nitrogen and oxygen atoms in total. The van der Waals surface area contributed by atoms with Gasteiger partial charge in [0.15, 0.2) is 20.5 Å². The zero-order valence-electron chi connectivity index (χ0n) is 29.3. The van der Waals surface area contributed by atoms with Crippen LogP contribution in [0.2, 0.25) is 18.6 Å². The van der Waals surface area contributed by atoms with E-state index >= 15 is 0 Å². The van der Waals surface area contributed by atoms with E-state index in [0.717, 1.165) is 22.4 Å². The maximum Gasteiger partial charge on any atom is 0.269 e. The molecular weight excluding hydrogens is 675 g/mol. The van der Waals surface area contributed by atoms with Crippen LogP contribution in [-0.2, 0) is 33.0 Å². The molecule has 266 valence electrons. The summed E-state index contributed by atoms with van der Waals surface area (Å²) in [5.41, 5.74) is 3.42. The van der Waals surface area contributed by atoms with Crippen LogP contribution in [0.4, 0.5) is 17.1 Å². The van der Waals surface area contributed by atoms with Crippen LogP contribution in [-0.4, -0.2) is 57.7 Å². The smallest absolute Gasteiger partial charge is 0.269 e. The summed E-state index contributed by atoms with van der Waals surface area (Å²) in [4.78, 5) is 43.1. The summed E-state index contributed by atoms with van der Waals surface area (Å²) in [6, 6.07) is 32.2. The first-order valence-corrected chi connectivity index (χ1v) is 20.7. The van der Waals surface area contributed by atoms with Crippen molar-refractivity contribution in [3.05, 3.63) is 132 Å². The van der Waals surface area contributed by atoms with Gasteiger partial charge in [-0.15, -0.1) is 5.10 Å². The average molecular weight is 716 g/mol. The molecule has 1 aromatic heterocycles. The van der Waals surface area contributed by atoms with Gasteiger partial charge in [0.2, 0.25) is 0 Å². The predicted octanol–water partition coefficient (Wildman–Crippen LogP) is 5.85. The van der Waals surface area contributed by atoms with E-state index in [1.54, 1.807) is 20.7 Å². The van der Waals surface area contributed by atoms with Gasteiger partial charge in [0.1, 0.15) is 17.5 Å². The van der Waals surface area contributed by atoms with Gasteiger partial charge in [0, 0.05) is 29.3 Å². The maximum absolute atomic E-state index is 14.9. The number of aliphatic hydroxyl groups excluding tert-OH is 1. The summed E-state index contributed by atoms with van der Waals surface area (Å²) >= 11 is 0. The second-order valence-corrected chi connectivity index (χ2v) is 18.4. The van der Waals surface area contributed by atoms with Gasteiger partial charge in [-0.2, -0.15) is 0 Å². The van der Waals surface area contributed by atoms with Crippen LogP contribution < -0.4 is 14.5 Å². The largest absolute Gasteiger partial charge is 0.482 e. The fourth-order valence-electron chi connectivity index (χ4n) is 8.43. The lowest BCUT2D eigenvalue weighted by Gasteiger charge is -2.32. The molecule has 5 atom stereocenters. The van der Waals surface area contributed by atoms with Crippen LogP contribution in [0.25, 0.3) is 0 Å². The summed E-state index contributed by atoms with van der Waals surface area (Å²) in [5.74, 6) is -0.0195. The third-order valence-electron chi connectivity index (χ3n) is 10.7. The first kappa shape index (κ1) is 34.0. The van der Waals surface area contributed by atoms with Crippen molar-refractivity contribution < 1.29 is 29.0 Å². The van der Waals surface area contributed by atoms with Gasteiger partial charge in [-0.05, 0) is 61.0 Å². The van der Waals surface area contributed by atoms with Crippen molar-refractivity contribution in [3.63, 3.8) is 0 Å². The van der Waals surface area contributed by atoms with Crippen molar-refractivity contribution >= 4 is 37.2 Å². The third-order valence-corrected chi connectivity index (χ3v) is 13.2. The molecule has 3 aliphatic heterocycles. The molecule has 1 spiro atoms. The zero-order valence-corrected chi connectivity index (χ0v) is 30.3. The lowest BCUT2D eigenvalue weighted by Crippen LogP contribution is -2.46. The van der Waals surface area contributed by atoms with E-state index < -0.39 is 26.1 Å². The maximum atomic E-state index is 14.9. The first-order chi connectivity index (χ1) is 25.1. The second kappa shape index (κ2) is 13.1. The number of ether oxygens (including phenoxy) is 2. The number of benzene rings is 4. The van der Waals surface area contributed by atoms with Gasteiger partial charge < -0.3 is 24.3 Å². The number of carbonyl (C=O) groups excluding carboxylic acids is 2. The Labute approximate surface area is 303 Å². The van der Waals surface area contributed by atoms with E-state index in [2.05, 4.69) is 10.3 Å². The normalized spacial score (nSPS) is 23.1. The molecule has 0 radical (unpaired) electrons. The average Bonchev–Trinajstić information content (AvgIpc) is 3.81. The minimum Gasteiger partial charge on any atom is -0.482 e. The molecule has 8 rings (SSSR count). The first-order valence-electron chi connectivity index (χ1n) is 17.6. The Morgan fingerprint density at radius 3 is 2.46 bits per heavy atom. The zero-order chi connectivity index (χ0) is 36.2. The van der Waals surface area contributed by atoms with Gasteiger partial charge in [0.05, 0.1) is 30.2 Å². The predicted molar refractivity (Wildman–Crippen MR) is 197 cm³/mol. The molecule has 5 aromatic rings. The van der Waals surface area contributed by atoms with E-state index in [1.165, 1.54) is 0 Å².